The molecule has 13 nitrogen and oxygen atoms in total. The van der Waals surface area contributed by atoms with Gasteiger partial charge in [-0.25, -0.2) is 9.50 Å². The van der Waals surface area contributed by atoms with Gasteiger partial charge in [-0.3, -0.25) is 14.3 Å². The number of carbonyl (C=O) groups is 2. The van der Waals surface area contributed by atoms with Crippen LogP contribution in [-0.4, -0.2) is 85.2 Å². The number of likely N-dealkylation sites (tertiary alicyclic amines) is 1. The number of hydrogen-bond acceptors (Lipinski definition) is 9. The van der Waals surface area contributed by atoms with E-state index in [1.165, 1.54) is 13.3 Å². The van der Waals surface area contributed by atoms with Gasteiger partial charge in [-0.05, 0) is 18.8 Å². The molecule has 1 aliphatic heterocycles. The van der Waals surface area contributed by atoms with Gasteiger partial charge in [0.1, 0.15) is 5.41 Å². The van der Waals surface area contributed by atoms with Crippen LogP contribution in [-0.2, 0) is 16.1 Å². The first kappa shape index (κ1) is 24.7. The minimum Gasteiger partial charge on any atom is -0.389 e. The Morgan fingerprint density at radius 3 is 2.78 bits per heavy atom. The number of aromatic nitrogens is 5. The summed E-state index contributed by atoms with van der Waals surface area (Å²) in [5, 5.41) is 31.4. The van der Waals surface area contributed by atoms with Gasteiger partial charge in [-0.2, -0.15) is 15.5 Å². The maximum atomic E-state index is 12.9. The Morgan fingerprint density at radius 2 is 2.11 bits per heavy atom. The highest BCUT2D eigenvalue weighted by Crippen LogP contribution is 2.47. The molecule has 1 aliphatic carbocycles. The molecule has 0 spiro atoms. The number of rotatable bonds is 9. The van der Waals surface area contributed by atoms with E-state index in [1.54, 1.807) is 32.7 Å². The number of ether oxygens (including phenoxy) is 1. The quantitative estimate of drug-likeness (QED) is 0.366. The van der Waals surface area contributed by atoms with E-state index in [9.17, 15) is 20.0 Å². The van der Waals surface area contributed by atoms with Crippen molar-refractivity contribution in [3.8, 4) is 17.3 Å². The molecule has 5 rings (SSSR count). The van der Waals surface area contributed by atoms with Crippen molar-refractivity contribution in [2.75, 3.05) is 32.1 Å². The number of aliphatic hydroxyl groups is 1. The molecule has 0 bridgehead atoms. The van der Waals surface area contributed by atoms with Gasteiger partial charge in [0.15, 0.2) is 5.65 Å². The van der Waals surface area contributed by atoms with E-state index in [1.807, 2.05) is 6.92 Å². The summed E-state index contributed by atoms with van der Waals surface area (Å²) in [5.41, 5.74) is 7.10. The molecule has 4 heterocycles. The topological polar surface area (TPSA) is 177 Å². The molecule has 1 saturated carbocycles. The fraction of sp³-hybridized carbons (Fsp3) is 0.500. The van der Waals surface area contributed by atoms with E-state index in [4.69, 9.17) is 15.5 Å². The molecule has 3 aromatic heterocycles. The molecule has 2 amide bonds. The summed E-state index contributed by atoms with van der Waals surface area (Å²) in [6.45, 7) is 3.39. The minimum absolute atomic E-state index is 0.0681. The number of nitrogens with two attached hydrogens (primary N) is 1. The van der Waals surface area contributed by atoms with Crippen molar-refractivity contribution < 1.29 is 19.4 Å². The van der Waals surface area contributed by atoms with Gasteiger partial charge < -0.3 is 25.8 Å². The lowest BCUT2D eigenvalue weighted by molar-refractivity contribution is -0.134. The van der Waals surface area contributed by atoms with E-state index in [0.717, 1.165) is 0 Å². The average molecular weight is 508 g/mol. The lowest BCUT2D eigenvalue weighted by Gasteiger charge is -2.21. The highest BCUT2D eigenvalue weighted by atomic mass is 16.5. The van der Waals surface area contributed by atoms with Gasteiger partial charge in [0.25, 0.3) is 5.91 Å². The molecular formula is C24H29N9O4. The van der Waals surface area contributed by atoms with Crippen molar-refractivity contribution in [2.24, 2.45) is 17.1 Å². The Balaban J connectivity index is 1.42. The number of amides is 2. The van der Waals surface area contributed by atoms with E-state index in [0.29, 0.717) is 48.5 Å². The van der Waals surface area contributed by atoms with E-state index in [2.05, 4.69) is 21.6 Å². The van der Waals surface area contributed by atoms with Crippen LogP contribution in [0, 0.1) is 22.7 Å². The lowest BCUT2D eigenvalue weighted by atomic mass is 10.1. The van der Waals surface area contributed by atoms with Crippen LogP contribution in [0.2, 0.25) is 0 Å². The predicted octanol–water partition coefficient (Wildman–Crippen LogP) is 0.262. The monoisotopic (exact) mass is 507 g/mol. The Bertz CT molecular complexity index is 1390. The molecule has 3 atom stereocenters. The zero-order chi connectivity index (χ0) is 26.3. The van der Waals surface area contributed by atoms with Gasteiger partial charge in [0.05, 0.1) is 60.9 Å². The molecular weight excluding hydrogens is 478 g/mol. The molecule has 2 fully saturated rings. The summed E-state index contributed by atoms with van der Waals surface area (Å²) < 4.78 is 8.12. The number of nitrogens with zero attached hydrogens (tertiary/aromatic N) is 7. The van der Waals surface area contributed by atoms with Crippen LogP contribution in [0.3, 0.4) is 0 Å². The number of aliphatic hydroxyl groups excluding tert-OH is 1. The molecule has 13 heteroatoms. The Hall–Kier alpha value is -4.02. The third-order valence-corrected chi connectivity index (χ3v) is 7.05. The number of carbonyl (C=O) groups excluding carboxylic acids is 2. The molecule has 37 heavy (non-hydrogen) atoms. The first-order chi connectivity index (χ1) is 17.7. The largest absolute Gasteiger partial charge is 0.389 e. The van der Waals surface area contributed by atoms with Crippen LogP contribution in [0.5, 0.6) is 0 Å². The number of fused-ring (bicyclic) bond motifs is 1. The van der Waals surface area contributed by atoms with Crippen molar-refractivity contribution in [1.82, 2.24) is 29.3 Å². The fourth-order valence-corrected chi connectivity index (χ4v) is 4.77. The number of primary amides is 1. The number of nitrogens with one attached hydrogen (secondary N) is 1. The third-order valence-electron chi connectivity index (χ3n) is 7.05. The van der Waals surface area contributed by atoms with Crippen LogP contribution in [0.15, 0.2) is 24.8 Å². The van der Waals surface area contributed by atoms with E-state index < -0.39 is 17.4 Å². The molecule has 2 aliphatic rings. The van der Waals surface area contributed by atoms with Crippen LogP contribution >= 0.6 is 0 Å². The first-order valence-corrected chi connectivity index (χ1v) is 12.1. The van der Waals surface area contributed by atoms with Gasteiger partial charge in [-0.15, -0.1) is 0 Å². The Labute approximate surface area is 212 Å². The smallest absolute Gasteiger partial charge is 0.252 e. The molecule has 194 valence electrons. The second-order valence-corrected chi connectivity index (χ2v) is 9.88. The summed E-state index contributed by atoms with van der Waals surface area (Å²) in [4.78, 5) is 31.6. The number of imidazole rings is 1. The molecule has 0 radical (unpaired) electrons. The molecule has 1 saturated heterocycles. The zero-order valence-corrected chi connectivity index (χ0v) is 20.7. The normalized spacial score (nSPS) is 21.1. The molecule has 3 aromatic rings. The average Bonchev–Trinajstić information content (AvgIpc) is 3.15. The van der Waals surface area contributed by atoms with Gasteiger partial charge in [0, 0.05) is 38.0 Å². The van der Waals surface area contributed by atoms with Crippen LogP contribution in [0.4, 0.5) is 5.69 Å². The highest BCUT2D eigenvalue weighted by Gasteiger charge is 2.54. The molecule has 4 N–H and O–H groups in total. The number of hydrogen-bond donors (Lipinski definition) is 3. The summed E-state index contributed by atoms with van der Waals surface area (Å²) in [5.74, 6) is -0.711. The Kier molecular flexibility index (Phi) is 6.30. The maximum Gasteiger partial charge on any atom is 0.252 e. The van der Waals surface area contributed by atoms with E-state index in [-0.39, 0.29) is 36.6 Å². The summed E-state index contributed by atoms with van der Waals surface area (Å²) in [6, 6.07) is 2.00. The molecule has 0 unspecified atom stereocenters. The van der Waals surface area contributed by atoms with Crippen molar-refractivity contribution in [1.29, 1.82) is 5.26 Å². The van der Waals surface area contributed by atoms with Gasteiger partial charge >= 0.3 is 0 Å². The molecule has 0 aromatic carbocycles. The van der Waals surface area contributed by atoms with Crippen LogP contribution < -0.4 is 11.1 Å². The zero-order valence-electron chi connectivity index (χ0n) is 20.7. The van der Waals surface area contributed by atoms with Crippen molar-refractivity contribution in [3.63, 3.8) is 0 Å². The second kappa shape index (κ2) is 9.45. The van der Waals surface area contributed by atoms with Crippen molar-refractivity contribution in [2.45, 2.75) is 38.5 Å². The van der Waals surface area contributed by atoms with Gasteiger partial charge in [0.2, 0.25) is 5.91 Å². The van der Waals surface area contributed by atoms with Gasteiger partial charge in [-0.1, -0.05) is 6.92 Å². The first-order valence-electron chi connectivity index (χ1n) is 12.1. The van der Waals surface area contributed by atoms with E-state index >= 15 is 0 Å². The summed E-state index contributed by atoms with van der Waals surface area (Å²) >= 11 is 0. The van der Waals surface area contributed by atoms with Crippen LogP contribution in [0.1, 0.15) is 30.1 Å². The van der Waals surface area contributed by atoms with Crippen LogP contribution in [0.25, 0.3) is 16.9 Å². The van der Waals surface area contributed by atoms with Crippen molar-refractivity contribution in [3.05, 3.63) is 30.4 Å². The minimum atomic E-state index is -0.876. The SMILES string of the molecule is COC[C@H](O)Cn1cc(-c2cn3ncc(C(N)=O)c(N[C@@H]4CN(C(=O)C5(C#N)CC5)C[C@H]4C)c3n2)cn1. The number of methoxy groups -OCH3 is 1. The van der Waals surface area contributed by atoms with Crippen molar-refractivity contribution >= 4 is 23.1 Å². The Morgan fingerprint density at radius 1 is 1.32 bits per heavy atom. The fourth-order valence-electron chi connectivity index (χ4n) is 4.77. The number of nitriles is 1. The highest BCUT2D eigenvalue weighted by molar-refractivity contribution is 6.01. The standard InChI is InChI=1S/C24H29N9O4/c1-14-7-31(23(36)24(13-25)3-4-24)10-18(14)29-20-17(21(26)35)6-28-33-11-19(30-22(20)33)15-5-27-32(8-15)9-16(34)12-37-2/h5-6,8,11,14,16,18,29,34H,3-4,7,9-10,12H2,1-2H3,(H2,26,35)/t14-,16-,18-/m1/s1. The number of anilines is 1. The summed E-state index contributed by atoms with van der Waals surface area (Å²) in [6.07, 6.45) is 7.00. The second-order valence-electron chi connectivity index (χ2n) is 9.88. The summed E-state index contributed by atoms with van der Waals surface area (Å²) in [7, 11) is 1.52. The third kappa shape index (κ3) is 4.61. The predicted molar refractivity (Wildman–Crippen MR) is 131 cm³/mol. The lowest BCUT2D eigenvalue weighted by Crippen LogP contribution is -2.36. The maximum absolute atomic E-state index is 12.9.